The molecule has 2 atom stereocenters. The van der Waals surface area contributed by atoms with E-state index >= 15 is 0 Å². The van der Waals surface area contributed by atoms with Crippen LogP contribution in [0.3, 0.4) is 0 Å². The van der Waals surface area contributed by atoms with Crippen LogP contribution in [0, 0.1) is 11.8 Å². The Morgan fingerprint density at radius 3 is 2.75 bits per heavy atom. The Bertz CT molecular complexity index is 555. The van der Waals surface area contributed by atoms with Gasteiger partial charge in [-0.2, -0.15) is 0 Å². The highest BCUT2D eigenvalue weighted by molar-refractivity contribution is 5.94. The van der Waals surface area contributed by atoms with Crippen LogP contribution in [0.5, 0.6) is 0 Å². The van der Waals surface area contributed by atoms with Crippen molar-refractivity contribution in [2.75, 3.05) is 32.8 Å². The molecule has 2 aliphatic heterocycles. The number of piperidine rings is 1. The average molecular weight is 330 g/mol. The molecule has 0 aromatic heterocycles. The van der Waals surface area contributed by atoms with Crippen LogP contribution in [0.25, 0.3) is 0 Å². The Hall–Kier alpha value is -1.88. The third-order valence-electron chi connectivity index (χ3n) is 4.95. The quantitative estimate of drug-likeness (QED) is 0.899. The first-order chi connectivity index (χ1) is 11.7. The van der Waals surface area contributed by atoms with E-state index in [4.69, 9.17) is 4.74 Å². The SMILES string of the molecule is O=C(NCC1CCCN(C(=O)CC2CCOC2)C1)c1ccccc1. The number of nitrogens with one attached hydrogen (secondary N) is 1. The van der Waals surface area contributed by atoms with E-state index in [0.717, 1.165) is 45.6 Å². The summed E-state index contributed by atoms with van der Waals surface area (Å²) < 4.78 is 5.36. The third-order valence-corrected chi connectivity index (χ3v) is 4.95. The minimum Gasteiger partial charge on any atom is -0.381 e. The minimum atomic E-state index is -0.0397. The molecule has 1 N–H and O–H groups in total. The lowest BCUT2D eigenvalue weighted by molar-refractivity contribution is -0.134. The first kappa shape index (κ1) is 17.0. The maximum absolute atomic E-state index is 12.4. The van der Waals surface area contributed by atoms with Gasteiger partial charge in [0.25, 0.3) is 5.91 Å². The number of amides is 2. The van der Waals surface area contributed by atoms with E-state index in [0.29, 0.717) is 30.4 Å². The third kappa shape index (κ3) is 4.57. The monoisotopic (exact) mass is 330 g/mol. The molecule has 0 saturated carbocycles. The average Bonchev–Trinajstić information content (AvgIpc) is 3.13. The van der Waals surface area contributed by atoms with E-state index in [1.54, 1.807) is 0 Å². The van der Waals surface area contributed by atoms with Crippen LogP contribution in [0.2, 0.25) is 0 Å². The lowest BCUT2D eigenvalue weighted by Crippen LogP contribution is -2.44. The van der Waals surface area contributed by atoms with Crippen molar-refractivity contribution in [1.29, 1.82) is 0 Å². The summed E-state index contributed by atoms with van der Waals surface area (Å²) >= 11 is 0. The number of benzene rings is 1. The van der Waals surface area contributed by atoms with Crippen LogP contribution < -0.4 is 5.32 Å². The molecule has 1 aromatic rings. The zero-order valence-corrected chi connectivity index (χ0v) is 14.1. The normalized spacial score (nSPS) is 23.9. The Morgan fingerprint density at radius 2 is 2.00 bits per heavy atom. The predicted molar refractivity (Wildman–Crippen MR) is 91.6 cm³/mol. The van der Waals surface area contributed by atoms with Gasteiger partial charge in [-0.25, -0.2) is 0 Å². The molecule has 130 valence electrons. The van der Waals surface area contributed by atoms with Crippen LogP contribution >= 0.6 is 0 Å². The second-order valence-electron chi connectivity index (χ2n) is 6.86. The van der Waals surface area contributed by atoms with Gasteiger partial charge in [0, 0.05) is 44.8 Å². The Morgan fingerprint density at radius 1 is 1.17 bits per heavy atom. The maximum Gasteiger partial charge on any atom is 0.251 e. The van der Waals surface area contributed by atoms with Crippen LogP contribution in [-0.4, -0.2) is 49.6 Å². The number of likely N-dealkylation sites (tertiary alicyclic amines) is 1. The van der Waals surface area contributed by atoms with Crippen LogP contribution in [0.15, 0.2) is 30.3 Å². The van der Waals surface area contributed by atoms with Crippen LogP contribution in [-0.2, 0) is 9.53 Å². The van der Waals surface area contributed by atoms with Crippen molar-refractivity contribution in [3.05, 3.63) is 35.9 Å². The lowest BCUT2D eigenvalue weighted by Gasteiger charge is -2.33. The maximum atomic E-state index is 12.4. The van der Waals surface area contributed by atoms with Crippen molar-refractivity contribution in [1.82, 2.24) is 10.2 Å². The molecule has 0 aliphatic carbocycles. The van der Waals surface area contributed by atoms with Gasteiger partial charge < -0.3 is 15.0 Å². The van der Waals surface area contributed by atoms with Gasteiger partial charge in [0.2, 0.25) is 5.91 Å². The molecule has 2 saturated heterocycles. The first-order valence-electron chi connectivity index (χ1n) is 8.91. The highest BCUT2D eigenvalue weighted by Crippen LogP contribution is 2.21. The molecule has 2 aliphatic rings. The molecular formula is C19H26N2O3. The number of rotatable bonds is 5. The number of hydrogen-bond donors (Lipinski definition) is 1. The standard InChI is InChI=1S/C19H26N2O3/c22-18(11-15-8-10-24-14-15)21-9-4-5-16(13-21)12-20-19(23)17-6-2-1-3-7-17/h1-3,6-7,15-16H,4-5,8-14H2,(H,20,23). The molecule has 0 radical (unpaired) electrons. The van der Waals surface area contributed by atoms with Crippen LogP contribution in [0.4, 0.5) is 0 Å². The molecule has 2 heterocycles. The van der Waals surface area contributed by atoms with E-state index in [2.05, 4.69) is 5.32 Å². The Balaban J connectivity index is 1.45. The van der Waals surface area contributed by atoms with Gasteiger partial charge in [-0.05, 0) is 43.2 Å². The fourth-order valence-corrected chi connectivity index (χ4v) is 3.51. The van der Waals surface area contributed by atoms with Crippen LogP contribution in [0.1, 0.15) is 36.0 Å². The molecule has 1 aromatic carbocycles. The molecule has 2 unspecified atom stereocenters. The van der Waals surface area contributed by atoms with Crippen molar-refractivity contribution in [2.45, 2.75) is 25.7 Å². The Kier molecular flexibility index (Phi) is 5.86. The number of carbonyl (C=O) groups excluding carboxylic acids is 2. The van der Waals surface area contributed by atoms with Gasteiger partial charge in [-0.3, -0.25) is 9.59 Å². The highest BCUT2D eigenvalue weighted by atomic mass is 16.5. The van der Waals surface area contributed by atoms with Gasteiger partial charge in [-0.1, -0.05) is 18.2 Å². The molecule has 5 nitrogen and oxygen atoms in total. The molecule has 2 fully saturated rings. The highest BCUT2D eigenvalue weighted by Gasteiger charge is 2.27. The Labute approximate surface area is 143 Å². The van der Waals surface area contributed by atoms with Gasteiger partial charge in [0.15, 0.2) is 0 Å². The second kappa shape index (κ2) is 8.29. The smallest absolute Gasteiger partial charge is 0.251 e. The molecule has 3 rings (SSSR count). The summed E-state index contributed by atoms with van der Waals surface area (Å²) in [6, 6.07) is 9.26. The van der Waals surface area contributed by atoms with Crippen molar-refractivity contribution in [2.24, 2.45) is 11.8 Å². The summed E-state index contributed by atoms with van der Waals surface area (Å²) in [5.41, 5.74) is 0.683. The van der Waals surface area contributed by atoms with E-state index in [1.807, 2.05) is 35.2 Å². The summed E-state index contributed by atoms with van der Waals surface area (Å²) in [5.74, 6) is 0.928. The first-order valence-corrected chi connectivity index (χ1v) is 8.91. The van der Waals surface area contributed by atoms with Gasteiger partial charge in [-0.15, -0.1) is 0 Å². The summed E-state index contributed by atoms with van der Waals surface area (Å²) in [6.07, 6.45) is 3.67. The number of nitrogens with zero attached hydrogens (tertiary/aromatic N) is 1. The van der Waals surface area contributed by atoms with Crippen molar-refractivity contribution in [3.63, 3.8) is 0 Å². The number of hydrogen-bond acceptors (Lipinski definition) is 3. The van der Waals surface area contributed by atoms with E-state index in [9.17, 15) is 9.59 Å². The summed E-state index contributed by atoms with van der Waals surface area (Å²) in [6.45, 7) is 3.73. The van der Waals surface area contributed by atoms with E-state index < -0.39 is 0 Å². The van der Waals surface area contributed by atoms with Gasteiger partial charge >= 0.3 is 0 Å². The summed E-state index contributed by atoms with van der Waals surface area (Å²) in [4.78, 5) is 26.5. The number of ether oxygens (including phenoxy) is 1. The minimum absolute atomic E-state index is 0.0397. The van der Waals surface area contributed by atoms with Gasteiger partial charge in [0.05, 0.1) is 0 Å². The van der Waals surface area contributed by atoms with Gasteiger partial charge in [0.1, 0.15) is 0 Å². The fraction of sp³-hybridized carbons (Fsp3) is 0.579. The summed E-state index contributed by atoms with van der Waals surface area (Å²) in [5, 5.41) is 3.00. The topological polar surface area (TPSA) is 58.6 Å². The largest absolute Gasteiger partial charge is 0.381 e. The zero-order valence-electron chi connectivity index (χ0n) is 14.1. The van der Waals surface area contributed by atoms with E-state index in [1.165, 1.54) is 0 Å². The predicted octanol–water partition coefficient (Wildman–Crippen LogP) is 2.08. The molecule has 24 heavy (non-hydrogen) atoms. The zero-order chi connectivity index (χ0) is 16.8. The van der Waals surface area contributed by atoms with Crippen molar-refractivity contribution >= 4 is 11.8 Å². The van der Waals surface area contributed by atoms with Crippen molar-refractivity contribution < 1.29 is 14.3 Å². The molecule has 5 heteroatoms. The number of carbonyl (C=O) groups is 2. The van der Waals surface area contributed by atoms with Crippen molar-refractivity contribution in [3.8, 4) is 0 Å². The summed E-state index contributed by atoms with van der Waals surface area (Å²) in [7, 11) is 0. The molecule has 2 amide bonds. The lowest BCUT2D eigenvalue weighted by atomic mass is 9.96. The van der Waals surface area contributed by atoms with E-state index in [-0.39, 0.29) is 11.8 Å². The molecule has 0 spiro atoms. The fourth-order valence-electron chi connectivity index (χ4n) is 3.51. The second-order valence-corrected chi connectivity index (χ2v) is 6.86. The molecular weight excluding hydrogens is 304 g/mol. The molecule has 0 bridgehead atoms.